The summed E-state index contributed by atoms with van der Waals surface area (Å²) in [4.78, 5) is 20.8. The molecule has 2 bridgehead atoms. The lowest BCUT2D eigenvalue weighted by Gasteiger charge is -2.49. The van der Waals surface area contributed by atoms with Crippen LogP contribution in [0.4, 0.5) is 10.7 Å². The quantitative estimate of drug-likeness (QED) is 0.850. The van der Waals surface area contributed by atoms with Crippen LogP contribution in [0.5, 0.6) is 0 Å². The number of anilines is 1. The number of pyridine rings is 1. The Kier molecular flexibility index (Phi) is 2.97. The fourth-order valence-corrected chi connectivity index (χ4v) is 4.30. The average Bonchev–Trinajstić information content (AvgIpc) is 3.22. The first kappa shape index (κ1) is 14.0. The highest BCUT2D eigenvalue weighted by atomic mass is 16.6. The number of piperidine rings is 3. The van der Waals surface area contributed by atoms with Gasteiger partial charge in [0.25, 0.3) is 0 Å². The predicted octanol–water partition coefficient (Wildman–Crippen LogP) is 2.76. The largest absolute Gasteiger partial charge is 0.439 e. The average molecular weight is 325 g/mol. The van der Waals surface area contributed by atoms with Gasteiger partial charge in [0, 0.05) is 24.7 Å². The van der Waals surface area contributed by atoms with Crippen LogP contribution >= 0.6 is 0 Å². The molecule has 124 valence electrons. The zero-order valence-corrected chi connectivity index (χ0v) is 13.4. The first-order chi connectivity index (χ1) is 11.7. The zero-order valence-electron chi connectivity index (χ0n) is 13.4. The Hall–Kier alpha value is -2.34. The molecular formula is C18H19N3O3. The van der Waals surface area contributed by atoms with Crippen molar-refractivity contribution in [1.29, 1.82) is 0 Å². The van der Waals surface area contributed by atoms with Crippen LogP contribution in [0.15, 0.2) is 40.9 Å². The number of furan rings is 1. The second kappa shape index (κ2) is 5.08. The standard InChI is InChI=1S/C18H19N3O3/c22-17-21(12-18(24-17)11-20-9-6-13(18)7-10-20)16-5-4-15(23-16)14-3-1-2-8-19-14/h1-5,8,13H,6-7,9-12H2. The highest BCUT2D eigenvalue weighted by Crippen LogP contribution is 2.43. The van der Waals surface area contributed by atoms with Crippen molar-refractivity contribution >= 4 is 12.0 Å². The van der Waals surface area contributed by atoms with E-state index < -0.39 is 0 Å². The molecule has 1 spiro atoms. The Labute approximate surface area is 140 Å². The Balaban J connectivity index is 1.42. The van der Waals surface area contributed by atoms with E-state index in [0.717, 1.165) is 38.2 Å². The lowest BCUT2D eigenvalue weighted by atomic mass is 9.75. The molecule has 1 amide bonds. The van der Waals surface area contributed by atoms with E-state index in [-0.39, 0.29) is 11.7 Å². The van der Waals surface area contributed by atoms with E-state index in [1.165, 1.54) is 0 Å². The van der Waals surface area contributed by atoms with Gasteiger partial charge in [0.15, 0.2) is 5.76 Å². The summed E-state index contributed by atoms with van der Waals surface area (Å²) < 4.78 is 11.8. The Morgan fingerprint density at radius 1 is 1.12 bits per heavy atom. The van der Waals surface area contributed by atoms with Crippen LogP contribution in [0.3, 0.4) is 0 Å². The van der Waals surface area contributed by atoms with Gasteiger partial charge >= 0.3 is 6.09 Å². The van der Waals surface area contributed by atoms with E-state index in [1.54, 1.807) is 11.1 Å². The number of fused-ring (bicyclic) bond motifs is 2. The number of hydrogen-bond donors (Lipinski definition) is 0. The van der Waals surface area contributed by atoms with Crippen LogP contribution in [-0.4, -0.2) is 47.8 Å². The number of amides is 1. The van der Waals surface area contributed by atoms with Gasteiger partial charge in [-0.3, -0.25) is 9.88 Å². The highest BCUT2D eigenvalue weighted by molar-refractivity contribution is 5.89. The number of carbonyl (C=O) groups is 1. The van der Waals surface area contributed by atoms with E-state index in [2.05, 4.69) is 9.88 Å². The smallest absolute Gasteiger partial charge is 0.417 e. The van der Waals surface area contributed by atoms with Crippen molar-refractivity contribution < 1.29 is 13.9 Å². The SMILES string of the molecule is O=C1OC2(CN3CCC2CC3)CN1c1ccc(-c2ccccn2)o1. The van der Waals surface area contributed by atoms with E-state index in [9.17, 15) is 4.79 Å². The molecule has 0 aliphatic carbocycles. The monoisotopic (exact) mass is 325 g/mol. The highest BCUT2D eigenvalue weighted by Gasteiger charge is 2.56. The molecule has 0 saturated carbocycles. The summed E-state index contributed by atoms with van der Waals surface area (Å²) in [5, 5.41) is 0. The van der Waals surface area contributed by atoms with E-state index in [0.29, 0.717) is 24.1 Å². The van der Waals surface area contributed by atoms with E-state index in [4.69, 9.17) is 9.15 Å². The number of aromatic nitrogens is 1. The molecule has 6 heterocycles. The topological polar surface area (TPSA) is 58.8 Å². The molecule has 6 nitrogen and oxygen atoms in total. The van der Waals surface area contributed by atoms with Gasteiger partial charge in [0.2, 0.25) is 5.88 Å². The lowest BCUT2D eigenvalue weighted by Crippen LogP contribution is -2.61. The number of rotatable bonds is 2. The first-order valence-corrected chi connectivity index (χ1v) is 8.48. The summed E-state index contributed by atoms with van der Waals surface area (Å²) in [5.74, 6) is 1.66. The minimum absolute atomic E-state index is 0.300. The van der Waals surface area contributed by atoms with Gasteiger partial charge < -0.3 is 9.15 Å². The van der Waals surface area contributed by atoms with Gasteiger partial charge in [0.05, 0.1) is 6.54 Å². The summed E-state index contributed by atoms with van der Waals surface area (Å²) in [6.07, 6.45) is 3.64. The fourth-order valence-electron chi connectivity index (χ4n) is 4.30. The van der Waals surface area contributed by atoms with E-state index in [1.807, 2.05) is 30.3 Å². The summed E-state index contributed by atoms with van der Waals surface area (Å²) in [7, 11) is 0. The molecule has 2 aromatic rings. The second-order valence-corrected chi connectivity index (χ2v) is 6.92. The minimum Gasteiger partial charge on any atom is -0.439 e. The normalized spacial score (nSPS) is 31.7. The van der Waals surface area contributed by atoms with Crippen LogP contribution in [0.25, 0.3) is 11.5 Å². The summed E-state index contributed by atoms with van der Waals surface area (Å²) >= 11 is 0. The molecule has 0 radical (unpaired) electrons. The maximum absolute atomic E-state index is 12.5. The fraction of sp³-hybridized carbons (Fsp3) is 0.444. The molecule has 24 heavy (non-hydrogen) atoms. The third-order valence-electron chi connectivity index (χ3n) is 5.53. The Bertz CT molecular complexity index is 767. The van der Waals surface area contributed by atoms with Crippen molar-refractivity contribution in [2.45, 2.75) is 18.4 Å². The molecule has 2 aromatic heterocycles. The van der Waals surface area contributed by atoms with Gasteiger partial charge in [-0.2, -0.15) is 0 Å². The summed E-state index contributed by atoms with van der Waals surface area (Å²) in [6.45, 7) is 3.65. The first-order valence-electron chi connectivity index (χ1n) is 8.48. The van der Waals surface area contributed by atoms with Crippen molar-refractivity contribution in [3.63, 3.8) is 0 Å². The summed E-state index contributed by atoms with van der Waals surface area (Å²) in [6, 6.07) is 9.34. The van der Waals surface area contributed by atoms with Gasteiger partial charge in [-0.25, -0.2) is 9.69 Å². The third kappa shape index (κ3) is 2.06. The molecule has 6 rings (SSSR count). The number of hydrogen-bond acceptors (Lipinski definition) is 5. The maximum Gasteiger partial charge on any atom is 0.417 e. The van der Waals surface area contributed by atoms with Crippen LogP contribution in [-0.2, 0) is 4.74 Å². The van der Waals surface area contributed by atoms with Crippen LogP contribution < -0.4 is 4.90 Å². The van der Waals surface area contributed by atoms with Gasteiger partial charge in [-0.15, -0.1) is 0 Å². The van der Waals surface area contributed by atoms with Crippen molar-refractivity contribution in [3.8, 4) is 11.5 Å². The lowest BCUT2D eigenvalue weighted by molar-refractivity contribution is -0.0881. The molecule has 4 saturated heterocycles. The van der Waals surface area contributed by atoms with Crippen molar-refractivity contribution in [2.75, 3.05) is 31.1 Å². The number of nitrogens with zero attached hydrogens (tertiary/aromatic N) is 3. The Morgan fingerprint density at radius 3 is 2.71 bits per heavy atom. The predicted molar refractivity (Wildman–Crippen MR) is 87.7 cm³/mol. The van der Waals surface area contributed by atoms with Crippen LogP contribution in [0.2, 0.25) is 0 Å². The molecule has 1 unspecified atom stereocenters. The number of ether oxygens (including phenoxy) is 1. The van der Waals surface area contributed by atoms with Gasteiger partial charge in [-0.05, 0) is 44.1 Å². The third-order valence-corrected chi connectivity index (χ3v) is 5.53. The molecule has 4 fully saturated rings. The van der Waals surface area contributed by atoms with Crippen molar-refractivity contribution in [2.24, 2.45) is 5.92 Å². The molecule has 6 heteroatoms. The molecule has 0 aromatic carbocycles. The molecule has 4 aliphatic rings. The summed E-state index contributed by atoms with van der Waals surface area (Å²) in [5.41, 5.74) is 0.389. The van der Waals surface area contributed by atoms with Crippen molar-refractivity contribution in [3.05, 3.63) is 36.5 Å². The van der Waals surface area contributed by atoms with Crippen LogP contribution in [0.1, 0.15) is 12.8 Å². The number of carbonyl (C=O) groups excluding carboxylic acids is 1. The van der Waals surface area contributed by atoms with E-state index >= 15 is 0 Å². The molecule has 1 atom stereocenters. The zero-order chi connectivity index (χ0) is 16.1. The molecular weight excluding hydrogens is 306 g/mol. The molecule has 4 aliphatic heterocycles. The van der Waals surface area contributed by atoms with Crippen molar-refractivity contribution in [1.82, 2.24) is 9.88 Å². The van der Waals surface area contributed by atoms with Gasteiger partial charge in [-0.1, -0.05) is 6.07 Å². The Morgan fingerprint density at radius 2 is 2.00 bits per heavy atom. The minimum atomic E-state index is -0.370. The maximum atomic E-state index is 12.5. The van der Waals surface area contributed by atoms with Gasteiger partial charge in [0.1, 0.15) is 11.3 Å². The van der Waals surface area contributed by atoms with Crippen LogP contribution in [0, 0.1) is 5.92 Å². The second-order valence-electron chi connectivity index (χ2n) is 6.92. The molecule has 0 N–H and O–H groups in total.